The van der Waals surface area contributed by atoms with Gasteiger partial charge in [-0.1, -0.05) is 0 Å². The first kappa shape index (κ1) is 27.2. The molecule has 0 unspecified atom stereocenters. The summed E-state index contributed by atoms with van der Waals surface area (Å²) in [6.07, 6.45) is 7.39. The van der Waals surface area contributed by atoms with Gasteiger partial charge in [-0.15, -0.1) is 0 Å². The molecule has 1 aliphatic carbocycles. The molecule has 2 saturated heterocycles. The second-order valence-electron chi connectivity index (χ2n) is 11.1. The maximum absolute atomic E-state index is 12.2. The van der Waals surface area contributed by atoms with Crippen LogP contribution in [0, 0.1) is 5.92 Å². The molecule has 1 saturated carbocycles. The number of hydrogen-bond acceptors (Lipinski definition) is 7. The van der Waals surface area contributed by atoms with Crippen LogP contribution in [0.2, 0.25) is 0 Å². The molecule has 0 bridgehead atoms. The first-order valence-electron chi connectivity index (χ1n) is 13.4. The summed E-state index contributed by atoms with van der Waals surface area (Å²) in [5, 5.41) is 0. The summed E-state index contributed by atoms with van der Waals surface area (Å²) in [7, 11) is 0. The van der Waals surface area contributed by atoms with Crippen molar-refractivity contribution in [1.82, 2.24) is 14.7 Å². The van der Waals surface area contributed by atoms with Gasteiger partial charge >= 0.3 is 12.1 Å². The minimum Gasteiger partial charge on any atom is -0.466 e. The Kier molecular flexibility index (Phi) is 10.5. The monoisotopic (exact) mass is 481 g/mol. The Hall–Kier alpha value is -1.38. The van der Waals surface area contributed by atoms with Crippen molar-refractivity contribution in [2.24, 2.45) is 5.92 Å². The van der Waals surface area contributed by atoms with Gasteiger partial charge in [0.25, 0.3) is 0 Å². The molecule has 8 heteroatoms. The van der Waals surface area contributed by atoms with Crippen molar-refractivity contribution in [2.75, 3.05) is 59.0 Å². The van der Waals surface area contributed by atoms with Crippen LogP contribution in [-0.2, 0) is 19.0 Å². The lowest BCUT2D eigenvalue weighted by Gasteiger charge is -2.42. The SMILES string of the molecule is CCOC(=O)CCN1CCN(C2CCC(OCC3CCN(C(=O)OC(C)(C)C)CC3)CC2)CC1. The van der Waals surface area contributed by atoms with Gasteiger partial charge in [-0.05, 0) is 72.1 Å². The maximum Gasteiger partial charge on any atom is 0.410 e. The highest BCUT2D eigenvalue weighted by atomic mass is 16.6. The van der Waals surface area contributed by atoms with Gasteiger partial charge in [0.15, 0.2) is 0 Å². The maximum atomic E-state index is 12.2. The third-order valence-electron chi connectivity index (χ3n) is 7.34. The number of nitrogens with zero attached hydrogens (tertiary/aromatic N) is 3. The molecule has 3 aliphatic rings. The van der Waals surface area contributed by atoms with E-state index in [-0.39, 0.29) is 12.1 Å². The highest BCUT2D eigenvalue weighted by Crippen LogP contribution is 2.28. The van der Waals surface area contributed by atoms with E-state index in [2.05, 4.69) is 9.80 Å². The fraction of sp³-hybridized carbons (Fsp3) is 0.923. The van der Waals surface area contributed by atoms with Gasteiger partial charge in [0, 0.05) is 58.5 Å². The van der Waals surface area contributed by atoms with Crippen molar-refractivity contribution in [3.05, 3.63) is 0 Å². The topological polar surface area (TPSA) is 71.6 Å². The molecule has 2 heterocycles. The molecular formula is C26H47N3O5. The fourth-order valence-corrected chi connectivity index (χ4v) is 5.29. The van der Waals surface area contributed by atoms with E-state index in [1.165, 1.54) is 12.8 Å². The second-order valence-corrected chi connectivity index (χ2v) is 11.1. The van der Waals surface area contributed by atoms with E-state index >= 15 is 0 Å². The van der Waals surface area contributed by atoms with Gasteiger partial charge in [-0.25, -0.2) is 4.79 Å². The van der Waals surface area contributed by atoms with E-state index in [0.29, 0.717) is 31.1 Å². The molecule has 2 aliphatic heterocycles. The van der Waals surface area contributed by atoms with Crippen LogP contribution in [0.1, 0.15) is 72.6 Å². The van der Waals surface area contributed by atoms with Gasteiger partial charge < -0.3 is 24.0 Å². The Morgan fingerprint density at radius 3 is 2.12 bits per heavy atom. The Labute approximate surface area is 206 Å². The van der Waals surface area contributed by atoms with Crippen LogP contribution in [-0.4, -0.2) is 104 Å². The smallest absolute Gasteiger partial charge is 0.410 e. The normalized spacial score (nSPS) is 25.8. The average molecular weight is 482 g/mol. The third-order valence-corrected chi connectivity index (χ3v) is 7.34. The van der Waals surface area contributed by atoms with Gasteiger partial charge in [0.2, 0.25) is 0 Å². The van der Waals surface area contributed by atoms with Crippen LogP contribution < -0.4 is 0 Å². The molecule has 0 N–H and O–H groups in total. The van der Waals surface area contributed by atoms with Crippen molar-refractivity contribution in [3.8, 4) is 0 Å². The number of rotatable bonds is 8. The quantitative estimate of drug-likeness (QED) is 0.491. The number of likely N-dealkylation sites (tertiary alicyclic amines) is 1. The Morgan fingerprint density at radius 1 is 0.882 bits per heavy atom. The summed E-state index contributed by atoms with van der Waals surface area (Å²) < 4.78 is 16.9. The predicted octanol–water partition coefficient (Wildman–Crippen LogP) is 3.53. The van der Waals surface area contributed by atoms with E-state index in [1.54, 1.807) is 0 Å². The summed E-state index contributed by atoms with van der Waals surface area (Å²) in [6.45, 7) is 15.5. The number of carbonyl (C=O) groups excluding carboxylic acids is 2. The average Bonchev–Trinajstić information content (AvgIpc) is 2.81. The molecule has 3 rings (SSSR count). The molecule has 34 heavy (non-hydrogen) atoms. The Morgan fingerprint density at radius 2 is 1.53 bits per heavy atom. The summed E-state index contributed by atoms with van der Waals surface area (Å²) in [6, 6.07) is 0.670. The highest BCUT2D eigenvalue weighted by Gasteiger charge is 2.30. The van der Waals surface area contributed by atoms with E-state index in [9.17, 15) is 9.59 Å². The van der Waals surface area contributed by atoms with Crippen LogP contribution in [0.5, 0.6) is 0 Å². The van der Waals surface area contributed by atoms with Crippen molar-refractivity contribution < 1.29 is 23.8 Å². The first-order chi connectivity index (χ1) is 16.2. The molecule has 1 amide bonds. The number of ether oxygens (including phenoxy) is 3. The van der Waals surface area contributed by atoms with Gasteiger partial charge in [0.1, 0.15) is 5.60 Å². The lowest BCUT2D eigenvalue weighted by Crippen LogP contribution is -2.51. The zero-order valence-corrected chi connectivity index (χ0v) is 21.9. The third kappa shape index (κ3) is 9.00. The van der Waals surface area contributed by atoms with E-state index in [0.717, 1.165) is 78.1 Å². The second kappa shape index (κ2) is 13.1. The fourth-order valence-electron chi connectivity index (χ4n) is 5.29. The Bertz CT molecular complexity index is 629. The summed E-state index contributed by atoms with van der Waals surface area (Å²) in [5.74, 6) is 0.455. The molecule has 196 valence electrons. The summed E-state index contributed by atoms with van der Waals surface area (Å²) in [4.78, 5) is 30.7. The van der Waals surface area contributed by atoms with Crippen molar-refractivity contribution >= 4 is 12.1 Å². The Balaban J connectivity index is 1.26. The molecule has 0 radical (unpaired) electrons. The van der Waals surface area contributed by atoms with E-state index < -0.39 is 5.60 Å². The number of esters is 1. The molecule has 0 spiro atoms. The number of carbonyl (C=O) groups is 2. The van der Waals surface area contributed by atoms with Crippen LogP contribution in [0.3, 0.4) is 0 Å². The van der Waals surface area contributed by atoms with Crippen LogP contribution in [0.4, 0.5) is 4.79 Å². The molecule has 0 aromatic rings. The van der Waals surface area contributed by atoms with E-state index in [4.69, 9.17) is 14.2 Å². The summed E-state index contributed by atoms with van der Waals surface area (Å²) in [5.41, 5.74) is -0.437. The van der Waals surface area contributed by atoms with E-state index in [1.807, 2.05) is 32.6 Å². The zero-order chi connectivity index (χ0) is 24.6. The molecule has 3 fully saturated rings. The first-order valence-corrected chi connectivity index (χ1v) is 13.4. The largest absolute Gasteiger partial charge is 0.466 e. The number of hydrogen-bond donors (Lipinski definition) is 0. The van der Waals surface area contributed by atoms with Crippen LogP contribution in [0.15, 0.2) is 0 Å². The predicted molar refractivity (Wildman–Crippen MR) is 132 cm³/mol. The molecule has 0 aromatic carbocycles. The molecule has 0 atom stereocenters. The lowest BCUT2D eigenvalue weighted by molar-refractivity contribution is -0.143. The minimum absolute atomic E-state index is 0.0863. The number of piperazine rings is 1. The molecule has 0 aromatic heterocycles. The van der Waals surface area contributed by atoms with Gasteiger partial charge in [0.05, 0.1) is 19.1 Å². The number of amides is 1. The van der Waals surface area contributed by atoms with Crippen molar-refractivity contribution in [1.29, 1.82) is 0 Å². The van der Waals surface area contributed by atoms with Crippen molar-refractivity contribution in [3.63, 3.8) is 0 Å². The van der Waals surface area contributed by atoms with Crippen LogP contribution >= 0.6 is 0 Å². The summed E-state index contributed by atoms with van der Waals surface area (Å²) >= 11 is 0. The zero-order valence-electron chi connectivity index (χ0n) is 21.9. The minimum atomic E-state index is -0.437. The number of piperidine rings is 1. The molecule has 8 nitrogen and oxygen atoms in total. The van der Waals surface area contributed by atoms with Crippen LogP contribution in [0.25, 0.3) is 0 Å². The lowest BCUT2D eigenvalue weighted by atomic mass is 9.91. The highest BCUT2D eigenvalue weighted by molar-refractivity contribution is 5.69. The van der Waals surface area contributed by atoms with Gasteiger partial charge in [-0.3, -0.25) is 9.69 Å². The standard InChI is InChI=1S/C26H47N3O5/c1-5-32-24(30)12-13-27-16-18-28(19-17-27)22-6-8-23(9-7-22)33-20-21-10-14-29(15-11-21)25(31)34-26(2,3)4/h21-23H,5-20H2,1-4H3. The van der Waals surface area contributed by atoms with Crippen molar-refractivity contribution in [2.45, 2.75) is 90.4 Å². The molecular weight excluding hydrogens is 434 g/mol. The van der Waals surface area contributed by atoms with Gasteiger partial charge in [-0.2, -0.15) is 0 Å².